The molecule has 0 aliphatic carbocycles. The molecule has 0 N–H and O–H groups in total. The Labute approximate surface area is 152 Å². The molecule has 7 heteroatoms. The van der Waals surface area contributed by atoms with Crippen LogP contribution in [0.3, 0.4) is 0 Å². The molecule has 1 unspecified atom stereocenters. The van der Waals surface area contributed by atoms with Crippen LogP contribution in [-0.4, -0.2) is 47.5 Å². The highest BCUT2D eigenvalue weighted by Crippen LogP contribution is 2.31. The average molecular weight is 364 g/mol. The predicted molar refractivity (Wildman–Crippen MR) is 99.3 cm³/mol. The smallest absolute Gasteiger partial charge is 0.306 e. The highest BCUT2D eigenvalue weighted by atomic mass is 32.2. The normalized spacial score (nSPS) is 18.4. The van der Waals surface area contributed by atoms with E-state index in [-0.39, 0.29) is 24.7 Å². The van der Waals surface area contributed by atoms with E-state index in [0.29, 0.717) is 23.6 Å². The highest BCUT2D eigenvalue weighted by Gasteiger charge is 2.32. The number of nitrogens with zero attached hydrogens (tertiary/aromatic N) is 2. The van der Waals surface area contributed by atoms with E-state index in [1.807, 2.05) is 24.3 Å². The Balaban J connectivity index is 2.12. The lowest BCUT2D eigenvalue weighted by Crippen LogP contribution is -2.33. The molecule has 1 aliphatic heterocycles. The molecule has 2 rings (SSSR count). The van der Waals surface area contributed by atoms with Crippen LogP contribution >= 0.6 is 11.8 Å². The van der Waals surface area contributed by atoms with Gasteiger partial charge in [0.25, 0.3) is 0 Å². The molecule has 1 heterocycles. The number of thioether (sulfide) groups is 1. The minimum absolute atomic E-state index is 0.0943. The maximum atomic E-state index is 12.5. The van der Waals surface area contributed by atoms with Crippen molar-refractivity contribution in [2.24, 2.45) is 4.99 Å². The molecule has 6 nitrogen and oxygen atoms in total. The van der Waals surface area contributed by atoms with Crippen LogP contribution in [0.15, 0.2) is 29.3 Å². The molecule has 1 aromatic carbocycles. The number of methoxy groups -OCH3 is 1. The van der Waals surface area contributed by atoms with Crippen LogP contribution in [0.1, 0.15) is 33.1 Å². The lowest BCUT2D eigenvalue weighted by Gasteiger charge is -2.16. The second-order valence-electron chi connectivity index (χ2n) is 5.55. The summed E-state index contributed by atoms with van der Waals surface area (Å²) in [6.07, 6.45) is 1.17. The van der Waals surface area contributed by atoms with Crippen LogP contribution < -0.4 is 4.74 Å². The molecule has 1 atom stereocenters. The summed E-state index contributed by atoms with van der Waals surface area (Å²) in [7, 11) is 1.61. The molecular weight excluding hydrogens is 340 g/mol. The minimum Gasteiger partial charge on any atom is -0.497 e. The Morgan fingerprint density at radius 3 is 2.80 bits per heavy atom. The van der Waals surface area contributed by atoms with Gasteiger partial charge in [-0.25, -0.2) is 4.99 Å². The Kier molecular flexibility index (Phi) is 7.31. The molecule has 1 aliphatic rings. The SMILES string of the molecule is CCOC(=O)CCC(=O)N1CC(CC)SC1=Nc1cccc(OC)c1. The first-order chi connectivity index (χ1) is 12.1. The van der Waals surface area contributed by atoms with Crippen molar-refractivity contribution in [3.05, 3.63) is 24.3 Å². The van der Waals surface area contributed by atoms with Crippen molar-refractivity contribution < 1.29 is 19.1 Å². The van der Waals surface area contributed by atoms with E-state index in [4.69, 9.17) is 9.47 Å². The van der Waals surface area contributed by atoms with Gasteiger partial charge in [0.05, 0.1) is 25.8 Å². The molecule has 0 spiro atoms. The van der Waals surface area contributed by atoms with Gasteiger partial charge in [0.2, 0.25) is 5.91 Å². The number of aliphatic imine (C=N–C) groups is 1. The number of amides is 1. The van der Waals surface area contributed by atoms with E-state index >= 15 is 0 Å². The van der Waals surface area contributed by atoms with Gasteiger partial charge in [-0.1, -0.05) is 24.8 Å². The molecule has 1 saturated heterocycles. The lowest BCUT2D eigenvalue weighted by molar-refractivity contribution is -0.145. The number of esters is 1. The van der Waals surface area contributed by atoms with Crippen LogP contribution in [-0.2, 0) is 14.3 Å². The summed E-state index contributed by atoms with van der Waals surface area (Å²) in [5.41, 5.74) is 0.738. The zero-order valence-electron chi connectivity index (χ0n) is 14.9. The summed E-state index contributed by atoms with van der Waals surface area (Å²) in [6.45, 7) is 4.79. The van der Waals surface area contributed by atoms with Gasteiger partial charge in [-0.05, 0) is 25.5 Å². The molecule has 0 radical (unpaired) electrons. The first kappa shape index (κ1) is 19.3. The van der Waals surface area contributed by atoms with Gasteiger partial charge in [-0.15, -0.1) is 0 Å². The number of amidine groups is 1. The van der Waals surface area contributed by atoms with Gasteiger partial charge in [-0.2, -0.15) is 0 Å². The van der Waals surface area contributed by atoms with E-state index in [9.17, 15) is 9.59 Å². The van der Waals surface area contributed by atoms with E-state index in [1.165, 1.54) is 0 Å². The Morgan fingerprint density at radius 1 is 1.32 bits per heavy atom. The summed E-state index contributed by atoms with van der Waals surface area (Å²) < 4.78 is 10.1. The molecule has 1 aromatic rings. The van der Waals surface area contributed by atoms with E-state index < -0.39 is 0 Å². The van der Waals surface area contributed by atoms with Crippen molar-refractivity contribution in [1.29, 1.82) is 0 Å². The van der Waals surface area contributed by atoms with E-state index in [1.54, 1.807) is 30.7 Å². The number of benzene rings is 1. The Bertz CT molecular complexity index is 648. The molecule has 25 heavy (non-hydrogen) atoms. The van der Waals surface area contributed by atoms with Crippen molar-refractivity contribution in [3.63, 3.8) is 0 Å². The summed E-state index contributed by atoms with van der Waals surface area (Å²) in [4.78, 5) is 30.3. The van der Waals surface area contributed by atoms with E-state index in [0.717, 1.165) is 17.9 Å². The minimum atomic E-state index is -0.346. The van der Waals surface area contributed by atoms with Gasteiger partial charge < -0.3 is 9.47 Å². The third kappa shape index (κ3) is 5.49. The van der Waals surface area contributed by atoms with Crippen LogP contribution in [0.5, 0.6) is 5.75 Å². The molecule has 0 saturated carbocycles. The summed E-state index contributed by atoms with van der Waals surface area (Å²) >= 11 is 1.60. The fraction of sp³-hybridized carbons (Fsp3) is 0.500. The fourth-order valence-corrected chi connectivity index (χ4v) is 3.56. The average Bonchev–Trinajstić information content (AvgIpc) is 3.03. The number of carbonyl (C=O) groups excluding carboxylic acids is 2. The Hall–Kier alpha value is -2.02. The monoisotopic (exact) mass is 364 g/mol. The van der Waals surface area contributed by atoms with Crippen LogP contribution in [0.4, 0.5) is 5.69 Å². The zero-order chi connectivity index (χ0) is 18.2. The quantitative estimate of drug-likeness (QED) is 0.694. The van der Waals surface area contributed by atoms with Crippen molar-refractivity contribution in [2.45, 2.75) is 38.4 Å². The maximum Gasteiger partial charge on any atom is 0.306 e. The van der Waals surface area contributed by atoms with Crippen LogP contribution in [0.2, 0.25) is 0 Å². The molecule has 136 valence electrons. The van der Waals surface area contributed by atoms with Gasteiger partial charge >= 0.3 is 5.97 Å². The number of hydrogen-bond donors (Lipinski definition) is 0. The van der Waals surface area contributed by atoms with Gasteiger partial charge in [0.15, 0.2) is 5.17 Å². The standard InChI is InChI=1S/C18H24N2O4S/c1-4-15-12-20(16(21)9-10-17(22)24-5-2)18(25-15)19-13-7-6-8-14(11-13)23-3/h6-8,11,15H,4-5,9-10,12H2,1-3H3. The van der Waals surface area contributed by atoms with Crippen molar-refractivity contribution >= 4 is 34.5 Å². The predicted octanol–water partition coefficient (Wildman–Crippen LogP) is 3.38. The summed E-state index contributed by atoms with van der Waals surface area (Å²) in [6, 6.07) is 7.41. The van der Waals surface area contributed by atoms with Crippen LogP contribution in [0, 0.1) is 0 Å². The topological polar surface area (TPSA) is 68.2 Å². The summed E-state index contributed by atoms with van der Waals surface area (Å²) in [5.74, 6) is 0.274. The lowest BCUT2D eigenvalue weighted by atomic mass is 10.2. The third-order valence-corrected chi connectivity index (χ3v) is 5.11. The second-order valence-corrected chi connectivity index (χ2v) is 6.82. The number of hydrogen-bond acceptors (Lipinski definition) is 6. The molecule has 1 fully saturated rings. The first-order valence-corrected chi connectivity index (χ1v) is 9.30. The number of carbonyl (C=O) groups is 2. The largest absolute Gasteiger partial charge is 0.497 e. The summed E-state index contributed by atoms with van der Waals surface area (Å²) in [5, 5.41) is 0.991. The molecule has 0 bridgehead atoms. The first-order valence-electron chi connectivity index (χ1n) is 8.42. The van der Waals surface area contributed by atoms with E-state index in [2.05, 4.69) is 11.9 Å². The van der Waals surface area contributed by atoms with Gasteiger partial charge in [0.1, 0.15) is 5.75 Å². The highest BCUT2D eigenvalue weighted by molar-refractivity contribution is 8.14. The fourth-order valence-electron chi connectivity index (χ4n) is 2.41. The Morgan fingerprint density at radius 2 is 2.12 bits per heavy atom. The molecule has 1 amide bonds. The maximum absolute atomic E-state index is 12.5. The van der Waals surface area contributed by atoms with Gasteiger partial charge in [-0.3, -0.25) is 14.5 Å². The number of ether oxygens (including phenoxy) is 2. The van der Waals surface area contributed by atoms with Crippen molar-refractivity contribution in [3.8, 4) is 5.75 Å². The van der Waals surface area contributed by atoms with Crippen molar-refractivity contribution in [1.82, 2.24) is 4.90 Å². The third-order valence-electron chi connectivity index (χ3n) is 3.77. The number of rotatable bonds is 7. The molecular formula is C18H24N2O4S. The molecule has 0 aromatic heterocycles. The second kappa shape index (κ2) is 9.46. The van der Waals surface area contributed by atoms with Crippen molar-refractivity contribution in [2.75, 3.05) is 20.3 Å². The van der Waals surface area contributed by atoms with Gasteiger partial charge in [0, 0.05) is 24.3 Å². The zero-order valence-corrected chi connectivity index (χ0v) is 15.7. The van der Waals surface area contributed by atoms with Crippen LogP contribution in [0.25, 0.3) is 0 Å².